The molecule has 2 aromatic carbocycles. The highest BCUT2D eigenvalue weighted by Gasteiger charge is 2.20. The fourth-order valence-electron chi connectivity index (χ4n) is 3.40. The van der Waals surface area contributed by atoms with Crippen molar-refractivity contribution in [1.82, 2.24) is 9.88 Å². The van der Waals surface area contributed by atoms with Gasteiger partial charge in [-0.3, -0.25) is 9.88 Å². The second-order valence-electron chi connectivity index (χ2n) is 6.90. The van der Waals surface area contributed by atoms with E-state index >= 15 is 0 Å². The summed E-state index contributed by atoms with van der Waals surface area (Å²) >= 11 is 5.95. The lowest BCUT2D eigenvalue weighted by Crippen LogP contribution is -2.49. The average molecular weight is 404 g/mol. The molecule has 0 saturated carbocycles. The van der Waals surface area contributed by atoms with Gasteiger partial charge in [-0.1, -0.05) is 11.6 Å². The second kappa shape index (κ2) is 8.26. The number of benzene rings is 2. The summed E-state index contributed by atoms with van der Waals surface area (Å²) in [7, 11) is 0. The largest absolute Gasteiger partial charge is 0.491 e. The first-order valence-electron chi connectivity index (χ1n) is 9.23. The summed E-state index contributed by atoms with van der Waals surface area (Å²) in [4.78, 5) is 18.3. The summed E-state index contributed by atoms with van der Waals surface area (Å²) < 4.78 is 10.7. The number of β-amino-alcohol motifs (C(OH)–C–C–N with tert-alkyl or cyclic N) is 1. The van der Waals surface area contributed by atoms with Gasteiger partial charge in [0.1, 0.15) is 18.5 Å². The van der Waals surface area contributed by atoms with E-state index in [1.54, 1.807) is 18.2 Å². The number of hydrogen-bond donors (Lipinski definition) is 2. The van der Waals surface area contributed by atoms with E-state index in [1.165, 1.54) is 5.69 Å². The Morgan fingerprint density at radius 1 is 1.14 bits per heavy atom. The van der Waals surface area contributed by atoms with Crippen LogP contribution in [0.4, 0.5) is 5.69 Å². The number of ether oxygens (including phenoxy) is 1. The number of nitrogens with one attached hydrogen (secondary N) is 1. The van der Waals surface area contributed by atoms with Gasteiger partial charge in [-0.05, 0) is 36.4 Å². The summed E-state index contributed by atoms with van der Waals surface area (Å²) in [6.07, 6.45) is -0.601. The minimum absolute atomic E-state index is 0.178. The van der Waals surface area contributed by atoms with Crippen LogP contribution in [0, 0.1) is 0 Å². The minimum Gasteiger partial charge on any atom is -0.491 e. The van der Waals surface area contributed by atoms with E-state index in [2.05, 4.69) is 14.8 Å². The van der Waals surface area contributed by atoms with Crippen molar-refractivity contribution in [3.63, 3.8) is 0 Å². The molecule has 1 atom stereocenters. The highest BCUT2D eigenvalue weighted by Crippen LogP contribution is 2.20. The zero-order valence-corrected chi connectivity index (χ0v) is 16.1. The van der Waals surface area contributed by atoms with Crippen molar-refractivity contribution in [2.45, 2.75) is 6.10 Å². The van der Waals surface area contributed by atoms with Gasteiger partial charge in [0.15, 0.2) is 5.58 Å². The fraction of sp³-hybridized carbons (Fsp3) is 0.350. The molecule has 7 nitrogen and oxygen atoms in total. The summed E-state index contributed by atoms with van der Waals surface area (Å²) in [6, 6.07) is 13.0. The van der Waals surface area contributed by atoms with Crippen molar-refractivity contribution in [1.29, 1.82) is 0 Å². The molecule has 2 heterocycles. The van der Waals surface area contributed by atoms with Crippen molar-refractivity contribution in [2.75, 3.05) is 44.2 Å². The number of fused-ring (bicyclic) bond motifs is 1. The Bertz CT molecular complexity index is 977. The Kier molecular flexibility index (Phi) is 5.57. The topological polar surface area (TPSA) is 81.9 Å². The lowest BCUT2D eigenvalue weighted by atomic mass is 10.2. The third-order valence-electron chi connectivity index (χ3n) is 4.87. The SMILES string of the molecule is O=c1[nH]c2ccc(OC[C@H](O)CN3CCN(c4ccc(Cl)cc4)CC3)cc2o1. The quantitative estimate of drug-likeness (QED) is 0.657. The maximum Gasteiger partial charge on any atom is 0.417 e. The highest BCUT2D eigenvalue weighted by atomic mass is 35.5. The monoisotopic (exact) mass is 403 g/mol. The zero-order chi connectivity index (χ0) is 19.5. The van der Waals surface area contributed by atoms with E-state index in [1.807, 2.05) is 24.3 Å². The van der Waals surface area contributed by atoms with Crippen molar-refractivity contribution in [3.8, 4) is 5.75 Å². The molecule has 2 N–H and O–H groups in total. The third-order valence-corrected chi connectivity index (χ3v) is 5.12. The molecular weight excluding hydrogens is 382 g/mol. The molecule has 0 unspecified atom stereocenters. The van der Waals surface area contributed by atoms with Crippen LogP contribution in [0.5, 0.6) is 5.75 Å². The minimum atomic E-state index is -0.601. The Balaban J connectivity index is 1.24. The molecule has 4 rings (SSSR count). The smallest absolute Gasteiger partial charge is 0.417 e. The molecule has 3 aromatic rings. The van der Waals surface area contributed by atoms with E-state index in [4.69, 9.17) is 20.8 Å². The van der Waals surface area contributed by atoms with Gasteiger partial charge < -0.3 is 19.2 Å². The van der Waals surface area contributed by atoms with Gasteiger partial charge in [0.25, 0.3) is 0 Å². The molecule has 0 radical (unpaired) electrons. The average Bonchev–Trinajstić information content (AvgIpc) is 3.07. The first-order valence-corrected chi connectivity index (χ1v) is 9.61. The van der Waals surface area contributed by atoms with Gasteiger partial charge in [0, 0.05) is 49.5 Å². The number of oxazole rings is 1. The number of aromatic amines is 1. The van der Waals surface area contributed by atoms with Gasteiger partial charge in [0.2, 0.25) is 0 Å². The molecule has 1 aliphatic rings. The molecule has 1 aromatic heterocycles. The van der Waals surface area contributed by atoms with E-state index in [0.717, 1.165) is 31.2 Å². The lowest BCUT2D eigenvalue weighted by molar-refractivity contribution is 0.0663. The normalized spacial score (nSPS) is 16.4. The Labute approximate surface area is 167 Å². The number of anilines is 1. The van der Waals surface area contributed by atoms with Gasteiger partial charge in [-0.2, -0.15) is 0 Å². The Hall–Kier alpha value is -2.48. The number of H-pyrrole nitrogens is 1. The summed E-state index contributed by atoms with van der Waals surface area (Å²) in [5, 5.41) is 11.1. The molecule has 1 fully saturated rings. The van der Waals surface area contributed by atoms with Crippen LogP contribution in [0.15, 0.2) is 51.7 Å². The standard InChI is InChI=1S/C20H22ClN3O4/c21-14-1-3-15(4-2-14)24-9-7-23(8-10-24)12-16(25)13-27-17-5-6-18-19(11-17)28-20(26)22-18/h1-6,11,16,25H,7-10,12-13H2,(H,22,26)/t16-/m1/s1. The Morgan fingerprint density at radius 3 is 2.64 bits per heavy atom. The maximum atomic E-state index is 11.2. The summed E-state index contributed by atoms with van der Waals surface area (Å²) in [6.45, 7) is 4.28. The van der Waals surface area contributed by atoms with E-state index in [-0.39, 0.29) is 6.61 Å². The van der Waals surface area contributed by atoms with E-state index in [9.17, 15) is 9.90 Å². The molecule has 28 heavy (non-hydrogen) atoms. The number of aliphatic hydroxyl groups is 1. The van der Waals surface area contributed by atoms with Crippen LogP contribution < -0.4 is 15.4 Å². The molecule has 0 spiro atoms. The number of piperazine rings is 1. The number of halogens is 1. The molecule has 0 amide bonds. The van der Waals surface area contributed by atoms with Crippen LogP contribution >= 0.6 is 11.6 Å². The first-order chi connectivity index (χ1) is 13.6. The maximum absolute atomic E-state index is 11.2. The molecule has 0 bridgehead atoms. The lowest BCUT2D eigenvalue weighted by Gasteiger charge is -2.36. The predicted octanol–water partition coefficient (Wildman–Crippen LogP) is 2.34. The van der Waals surface area contributed by atoms with Gasteiger partial charge >= 0.3 is 5.76 Å². The van der Waals surface area contributed by atoms with Crippen LogP contribution in [-0.2, 0) is 0 Å². The summed E-state index contributed by atoms with van der Waals surface area (Å²) in [5.74, 6) is 0.0618. The molecule has 8 heteroatoms. The molecule has 0 aliphatic carbocycles. The number of hydrogen-bond acceptors (Lipinski definition) is 6. The molecular formula is C20H22ClN3O4. The van der Waals surface area contributed by atoms with Crippen molar-refractivity contribution >= 4 is 28.4 Å². The van der Waals surface area contributed by atoms with Crippen LogP contribution in [0.2, 0.25) is 5.02 Å². The van der Waals surface area contributed by atoms with Crippen molar-refractivity contribution in [3.05, 3.63) is 58.0 Å². The van der Waals surface area contributed by atoms with E-state index in [0.29, 0.717) is 23.4 Å². The van der Waals surface area contributed by atoms with E-state index < -0.39 is 11.9 Å². The van der Waals surface area contributed by atoms with Gasteiger partial charge in [-0.25, -0.2) is 4.79 Å². The first kappa shape index (κ1) is 18.9. The molecule has 148 valence electrons. The number of aromatic nitrogens is 1. The Morgan fingerprint density at radius 2 is 1.89 bits per heavy atom. The van der Waals surface area contributed by atoms with Crippen LogP contribution in [0.3, 0.4) is 0 Å². The number of aliphatic hydroxyl groups excluding tert-OH is 1. The molecule has 1 aliphatic heterocycles. The van der Waals surface area contributed by atoms with Crippen molar-refractivity contribution in [2.24, 2.45) is 0 Å². The zero-order valence-electron chi connectivity index (χ0n) is 15.3. The number of rotatable bonds is 6. The van der Waals surface area contributed by atoms with Gasteiger partial charge in [-0.15, -0.1) is 0 Å². The molecule has 1 saturated heterocycles. The third kappa shape index (κ3) is 4.49. The van der Waals surface area contributed by atoms with Crippen molar-refractivity contribution < 1.29 is 14.3 Å². The van der Waals surface area contributed by atoms with Crippen LogP contribution in [0.25, 0.3) is 11.1 Å². The van der Waals surface area contributed by atoms with Gasteiger partial charge in [0.05, 0.1) is 5.52 Å². The summed E-state index contributed by atoms with van der Waals surface area (Å²) in [5.41, 5.74) is 2.23. The van der Waals surface area contributed by atoms with Crippen LogP contribution in [-0.4, -0.2) is 60.4 Å². The number of nitrogens with zero attached hydrogens (tertiary/aromatic N) is 2. The fourth-order valence-corrected chi connectivity index (χ4v) is 3.53. The second-order valence-corrected chi connectivity index (χ2v) is 7.34. The highest BCUT2D eigenvalue weighted by molar-refractivity contribution is 6.30. The van der Waals surface area contributed by atoms with Crippen LogP contribution in [0.1, 0.15) is 0 Å². The predicted molar refractivity (Wildman–Crippen MR) is 108 cm³/mol.